The van der Waals surface area contributed by atoms with Gasteiger partial charge in [0.1, 0.15) is 11.0 Å². The van der Waals surface area contributed by atoms with Gasteiger partial charge in [0, 0.05) is 44.5 Å². The Morgan fingerprint density at radius 3 is 2.71 bits per heavy atom. The maximum atomic E-state index is 6.31. The van der Waals surface area contributed by atoms with Crippen molar-refractivity contribution >= 4 is 28.2 Å². The molecule has 0 N–H and O–H groups in total. The molecule has 1 aliphatic heterocycles. The van der Waals surface area contributed by atoms with Crippen molar-refractivity contribution in [2.45, 2.75) is 6.42 Å². The Kier molecular flexibility index (Phi) is 4.28. The minimum atomic E-state index is 0.581. The van der Waals surface area contributed by atoms with Crippen LogP contribution in [-0.2, 0) is 0 Å². The highest BCUT2D eigenvalue weighted by atomic mass is 35.5. The maximum absolute atomic E-state index is 6.31. The molecule has 3 rings (SSSR count). The van der Waals surface area contributed by atoms with E-state index in [2.05, 4.69) is 32.8 Å². The quantitative estimate of drug-likeness (QED) is 0.641. The lowest BCUT2D eigenvalue weighted by atomic mass is 10.1. The number of benzene rings is 1. The number of pyridine rings is 1. The fraction of sp³-hybridized carbons (Fsp3) is 0.353. The molecule has 0 amide bonds. The standard InChI is InChI=1S/C17H18ClN3/c1-2-3-8-20-9-11-21(12-10-20)16-13-14-6-4-5-7-15(14)17(18)19-16/h1,4-7,13H,3,8-12H2. The molecule has 1 aliphatic rings. The SMILES string of the molecule is C#CCCN1CCN(c2cc3ccccc3c(Cl)n2)CC1. The third-order valence-corrected chi connectivity index (χ3v) is 4.24. The summed E-state index contributed by atoms with van der Waals surface area (Å²) in [7, 11) is 0. The van der Waals surface area contributed by atoms with E-state index < -0.39 is 0 Å². The molecule has 0 saturated carbocycles. The summed E-state index contributed by atoms with van der Waals surface area (Å²) in [4.78, 5) is 9.25. The second kappa shape index (κ2) is 6.34. The van der Waals surface area contributed by atoms with E-state index in [0.717, 1.165) is 55.7 Å². The molecule has 108 valence electrons. The Morgan fingerprint density at radius 1 is 1.19 bits per heavy atom. The summed E-state index contributed by atoms with van der Waals surface area (Å²) in [6, 6.07) is 10.2. The van der Waals surface area contributed by atoms with Crippen molar-refractivity contribution in [2.75, 3.05) is 37.6 Å². The second-order valence-corrected chi connectivity index (χ2v) is 5.63. The largest absolute Gasteiger partial charge is 0.354 e. The summed E-state index contributed by atoms with van der Waals surface area (Å²) >= 11 is 6.31. The van der Waals surface area contributed by atoms with Gasteiger partial charge in [0.25, 0.3) is 0 Å². The van der Waals surface area contributed by atoms with Crippen LogP contribution in [0.25, 0.3) is 10.8 Å². The second-order valence-electron chi connectivity index (χ2n) is 5.28. The predicted molar refractivity (Wildman–Crippen MR) is 88.9 cm³/mol. The zero-order chi connectivity index (χ0) is 14.7. The number of nitrogens with zero attached hydrogens (tertiary/aromatic N) is 3. The van der Waals surface area contributed by atoms with Crippen LogP contribution in [0.4, 0.5) is 5.82 Å². The number of hydrogen-bond acceptors (Lipinski definition) is 3. The van der Waals surface area contributed by atoms with Crippen LogP contribution in [0.2, 0.25) is 5.15 Å². The molecule has 1 aromatic heterocycles. The van der Waals surface area contributed by atoms with E-state index in [4.69, 9.17) is 18.0 Å². The van der Waals surface area contributed by atoms with Gasteiger partial charge in [-0.3, -0.25) is 4.90 Å². The van der Waals surface area contributed by atoms with Gasteiger partial charge in [0.2, 0.25) is 0 Å². The molecule has 1 fully saturated rings. The molecule has 0 unspecified atom stereocenters. The van der Waals surface area contributed by atoms with Gasteiger partial charge in [-0.15, -0.1) is 12.3 Å². The highest BCUT2D eigenvalue weighted by Crippen LogP contribution is 2.26. The van der Waals surface area contributed by atoms with E-state index in [-0.39, 0.29) is 0 Å². The Labute approximate surface area is 130 Å². The number of rotatable bonds is 3. The van der Waals surface area contributed by atoms with Gasteiger partial charge < -0.3 is 4.90 Å². The van der Waals surface area contributed by atoms with Crippen LogP contribution in [0.1, 0.15) is 6.42 Å². The molecule has 0 spiro atoms. The highest BCUT2D eigenvalue weighted by Gasteiger charge is 2.18. The zero-order valence-electron chi connectivity index (χ0n) is 11.9. The van der Waals surface area contributed by atoms with E-state index in [1.165, 1.54) is 0 Å². The third-order valence-electron chi connectivity index (χ3n) is 3.95. The summed E-state index contributed by atoms with van der Waals surface area (Å²) in [6.07, 6.45) is 6.14. The van der Waals surface area contributed by atoms with Crippen LogP contribution in [-0.4, -0.2) is 42.6 Å². The van der Waals surface area contributed by atoms with Crippen molar-refractivity contribution in [1.82, 2.24) is 9.88 Å². The molecule has 0 atom stereocenters. The van der Waals surface area contributed by atoms with Crippen LogP contribution in [0, 0.1) is 12.3 Å². The van der Waals surface area contributed by atoms with Crippen molar-refractivity contribution in [3.05, 3.63) is 35.5 Å². The first-order valence-corrected chi connectivity index (χ1v) is 7.62. The molecular weight excluding hydrogens is 282 g/mol. The number of aromatic nitrogens is 1. The summed E-state index contributed by atoms with van der Waals surface area (Å²) in [5.74, 6) is 3.67. The molecule has 2 heterocycles. The molecule has 1 aromatic carbocycles. The first kappa shape index (κ1) is 14.2. The predicted octanol–water partition coefficient (Wildman–Crippen LogP) is 3.03. The first-order chi connectivity index (χ1) is 10.3. The topological polar surface area (TPSA) is 19.4 Å². The van der Waals surface area contributed by atoms with E-state index in [0.29, 0.717) is 5.15 Å². The summed E-state index contributed by atoms with van der Waals surface area (Å²) in [5, 5.41) is 2.73. The molecular formula is C17H18ClN3. The van der Waals surface area contributed by atoms with E-state index in [1.54, 1.807) is 0 Å². The maximum Gasteiger partial charge on any atom is 0.139 e. The normalized spacial score (nSPS) is 16.1. The van der Waals surface area contributed by atoms with Crippen molar-refractivity contribution in [3.8, 4) is 12.3 Å². The van der Waals surface area contributed by atoms with Gasteiger partial charge in [-0.2, -0.15) is 0 Å². The van der Waals surface area contributed by atoms with Gasteiger partial charge >= 0.3 is 0 Å². The average Bonchev–Trinajstić information content (AvgIpc) is 2.53. The summed E-state index contributed by atoms with van der Waals surface area (Å²) in [6.45, 7) is 4.95. The molecule has 0 bridgehead atoms. The van der Waals surface area contributed by atoms with Gasteiger partial charge in [-0.05, 0) is 11.5 Å². The first-order valence-electron chi connectivity index (χ1n) is 7.24. The average molecular weight is 300 g/mol. The summed E-state index contributed by atoms with van der Waals surface area (Å²) in [5.41, 5.74) is 0. The minimum Gasteiger partial charge on any atom is -0.354 e. The fourth-order valence-electron chi connectivity index (χ4n) is 2.73. The van der Waals surface area contributed by atoms with Gasteiger partial charge in [-0.25, -0.2) is 4.98 Å². The van der Waals surface area contributed by atoms with Crippen molar-refractivity contribution in [2.24, 2.45) is 0 Å². The monoisotopic (exact) mass is 299 g/mol. The molecule has 3 nitrogen and oxygen atoms in total. The minimum absolute atomic E-state index is 0.581. The van der Waals surface area contributed by atoms with Crippen LogP contribution in [0.15, 0.2) is 30.3 Å². The molecule has 0 aliphatic carbocycles. The van der Waals surface area contributed by atoms with Crippen molar-refractivity contribution in [3.63, 3.8) is 0 Å². The van der Waals surface area contributed by atoms with E-state index in [9.17, 15) is 0 Å². The Hall–Kier alpha value is -1.76. The third kappa shape index (κ3) is 3.12. The molecule has 1 saturated heterocycles. The number of anilines is 1. The van der Waals surface area contributed by atoms with Gasteiger partial charge in [0.15, 0.2) is 0 Å². The van der Waals surface area contributed by atoms with Crippen molar-refractivity contribution < 1.29 is 0 Å². The number of halogens is 1. The van der Waals surface area contributed by atoms with Crippen LogP contribution in [0.3, 0.4) is 0 Å². The molecule has 0 radical (unpaired) electrons. The Bertz CT molecular complexity index is 669. The highest BCUT2D eigenvalue weighted by molar-refractivity contribution is 6.34. The summed E-state index contributed by atoms with van der Waals surface area (Å²) < 4.78 is 0. The van der Waals surface area contributed by atoms with Crippen LogP contribution in [0.5, 0.6) is 0 Å². The Balaban J connectivity index is 1.75. The number of fused-ring (bicyclic) bond motifs is 1. The lowest BCUT2D eigenvalue weighted by Gasteiger charge is -2.35. The van der Waals surface area contributed by atoms with Crippen LogP contribution >= 0.6 is 11.6 Å². The smallest absolute Gasteiger partial charge is 0.139 e. The van der Waals surface area contributed by atoms with E-state index in [1.807, 2.05) is 18.2 Å². The van der Waals surface area contributed by atoms with Gasteiger partial charge in [0.05, 0.1) is 0 Å². The van der Waals surface area contributed by atoms with Gasteiger partial charge in [-0.1, -0.05) is 35.9 Å². The molecule has 4 heteroatoms. The van der Waals surface area contributed by atoms with Crippen molar-refractivity contribution in [1.29, 1.82) is 0 Å². The van der Waals surface area contributed by atoms with Crippen LogP contribution < -0.4 is 4.90 Å². The Morgan fingerprint density at radius 2 is 1.95 bits per heavy atom. The zero-order valence-corrected chi connectivity index (χ0v) is 12.7. The lowest BCUT2D eigenvalue weighted by molar-refractivity contribution is 0.263. The molecule has 21 heavy (non-hydrogen) atoms. The number of piperazine rings is 1. The number of hydrogen-bond donors (Lipinski definition) is 0. The lowest BCUT2D eigenvalue weighted by Crippen LogP contribution is -2.46. The van der Waals surface area contributed by atoms with E-state index >= 15 is 0 Å². The number of terminal acetylenes is 1. The fourth-order valence-corrected chi connectivity index (χ4v) is 2.99. The molecule has 2 aromatic rings.